The maximum absolute atomic E-state index is 12.2. The largest absolute Gasteiger partial charge is 0.389 e. The van der Waals surface area contributed by atoms with Gasteiger partial charge in [0.05, 0.1) is 5.69 Å². The highest BCUT2D eigenvalue weighted by atomic mass is 35.5. The zero-order valence-corrected chi connectivity index (χ0v) is 13.6. The summed E-state index contributed by atoms with van der Waals surface area (Å²) in [6.07, 6.45) is 7.88. The summed E-state index contributed by atoms with van der Waals surface area (Å²) in [7, 11) is 0. The third kappa shape index (κ3) is 4.97. The van der Waals surface area contributed by atoms with E-state index in [-0.39, 0.29) is 10.9 Å². The maximum Gasteiger partial charge on any atom is 0.224 e. The van der Waals surface area contributed by atoms with E-state index >= 15 is 0 Å². The highest BCUT2D eigenvalue weighted by Crippen LogP contribution is 2.27. The first kappa shape index (κ1) is 16.2. The number of rotatable bonds is 4. The zero-order valence-electron chi connectivity index (χ0n) is 12.0. The number of carbonyl (C=O) groups is 1. The van der Waals surface area contributed by atoms with Gasteiger partial charge in [0.15, 0.2) is 0 Å². The van der Waals surface area contributed by atoms with Gasteiger partial charge in [0, 0.05) is 17.0 Å². The van der Waals surface area contributed by atoms with Gasteiger partial charge in [0.1, 0.15) is 4.99 Å². The summed E-state index contributed by atoms with van der Waals surface area (Å²) in [4.78, 5) is 12.5. The van der Waals surface area contributed by atoms with Gasteiger partial charge in [-0.25, -0.2) is 0 Å². The quantitative estimate of drug-likeness (QED) is 0.642. The van der Waals surface area contributed by atoms with Crippen molar-refractivity contribution in [2.75, 3.05) is 5.32 Å². The van der Waals surface area contributed by atoms with Crippen LogP contribution in [-0.2, 0) is 4.79 Å². The summed E-state index contributed by atoms with van der Waals surface area (Å²) in [6, 6.07) is 5.16. The molecule has 1 amide bonds. The molecule has 0 radical (unpaired) electrons. The van der Waals surface area contributed by atoms with Crippen LogP contribution in [0.15, 0.2) is 18.2 Å². The first-order valence-corrected chi connectivity index (χ1v) is 8.24. The average Bonchev–Trinajstić information content (AvgIpc) is 2.66. The molecular formula is C16H21ClN2OS. The van der Waals surface area contributed by atoms with Crippen molar-refractivity contribution >= 4 is 40.4 Å². The fraction of sp³-hybridized carbons (Fsp3) is 0.500. The van der Waals surface area contributed by atoms with Crippen LogP contribution < -0.4 is 11.1 Å². The van der Waals surface area contributed by atoms with E-state index in [0.29, 0.717) is 28.6 Å². The summed E-state index contributed by atoms with van der Waals surface area (Å²) >= 11 is 11.0. The highest BCUT2D eigenvalue weighted by Gasteiger charge is 2.17. The van der Waals surface area contributed by atoms with E-state index < -0.39 is 0 Å². The second kappa shape index (κ2) is 7.76. The minimum atomic E-state index is 0.0154. The number of amides is 1. The summed E-state index contributed by atoms with van der Waals surface area (Å²) in [5.41, 5.74) is 6.94. The number of anilines is 1. The molecule has 1 aliphatic rings. The fourth-order valence-electron chi connectivity index (χ4n) is 2.87. The second-order valence-electron chi connectivity index (χ2n) is 5.66. The van der Waals surface area contributed by atoms with Crippen LogP contribution in [0.3, 0.4) is 0 Å². The highest BCUT2D eigenvalue weighted by molar-refractivity contribution is 7.80. The molecule has 0 bridgehead atoms. The monoisotopic (exact) mass is 324 g/mol. The lowest BCUT2D eigenvalue weighted by atomic mass is 9.96. The van der Waals surface area contributed by atoms with E-state index in [1.807, 2.05) is 0 Å². The minimum absolute atomic E-state index is 0.0154. The molecule has 114 valence electrons. The van der Waals surface area contributed by atoms with Gasteiger partial charge in [0.25, 0.3) is 0 Å². The molecule has 0 saturated heterocycles. The topological polar surface area (TPSA) is 55.1 Å². The van der Waals surface area contributed by atoms with Crippen molar-refractivity contribution in [1.82, 2.24) is 0 Å². The number of hydrogen-bond donors (Lipinski definition) is 2. The van der Waals surface area contributed by atoms with Gasteiger partial charge in [-0.1, -0.05) is 49.5 Å². The van der Waals surface area contributed by atoms with Crippen LogP contribution >= 0.6 is 23.8 Å². The molecule has 0 atom stereocenters. The number of nitrogens with two attached hydrogens (primary N) is 1. The summed E-state index contributed by atoms with van der Waals surface area (Å²) in [5, 5.41) is 3.46. The molecule has 0 spiro atoms. The van der Waals surface area contributed by atoms with Gasteiger partial charge in [-0.15, -0.1) is 0 Å². The number of thiocarbonyl (C=S) groups is 1. The van der Waals surface area contributed by atoms with Crippen molar-refractivity contribution < 1.29 is 4.79 Å². The molecule has 1 aromatic carbocycles. The van der Waals surface area contributed by atoms with Gasteiger partial charge in [0.2, 0.25) is 5.91 Å². The Morgan fingerprint density at radius 1 is 1.29 bits per heavy atom. The third-order valence-corrected chi connectivity index (χ3v) is 4.42. The van der Waals surface area contributed by atoms with E-state index in [1.165, 1.54) is 25.7 Å². The Bertz CT molecular complexity index is 525. The molecule has 3 N–H and O–H groups in total. The second-order valence-corrected chi connectivity index (χ2v) is 6.54. The van der Waals surface area contributed by atoms with E-state index in [1.54, 1.807) is 18.2 Å². The van der Waals surface area contributed by atoms with Crippen molar-refractivity contribution in [1.29, 1.82) is 0 Å². The lowest BCUT2D eigenvalue weighted by Crippen LogP contribution is -2.19. The summed E-state index contributed by atoms with van der Waals surface area (Å²) in [5.74, 6) is 0.502. The number of benzene rings is 1. The van der Waals surface area contributed by atoms with Crippen molar-refractivity contribution in [3.05, 3.63) is 28.8 Å². The van der Waals surface area contributed by atoms with Gasteiger partial charge in [-0.3, -0.25) is 4.79 Å². The van der Waals surface area contributed by atoms with Gasteiger partial charge >= 0.3 is 0 Å². The van der Waals surface area contributed by atoms with E-state index in [2.05, 4.69) is 5.32 Å². The Morgan fingerprint density at radius 2 is 1.95 bits per heavy atom. The zero-order chi connectivity index (χ0) is 15.2. The Hall–Kier alpha value is -1.13. The van der Waals surface area contributed by atoms with E-state index in [9.17, 15) is 4.79 Å². The Balaban J connectivity index is 2.01. The standard InChI is InChI=1S/C16H21ClN2OS/c17-12-7-8-13(16(18)21)14(10-12)19-15(20)9-11-5-3-1-2-4-6-11/h7-8,10-11H,1-6,9H2,(H2,18,21)(H,19,20). The average molecular weight is 325 g/mol. The predicted molar refractivity (Wildman–Crippen MR) is 91.8 cm³/mol. The van der Waals surface area contributed by atoms with Gasteiger partial charge in [-0.05, 0) is 37.0 Å². The van der Waals surface area contributed by atoms with Crippen LogP contribution in [0.25, 0.3) is 0 Å². The predicted octanol–water partition coefficient (Wildman–Crippen LogP) is 4.27. The number of hydrogen-bond acceptors (Lipinski definition) is 2. The van der Waals surface area contributed by atoms with Gasteiger partial charge < -0.3 is 11.1 Å². The number of halogens is 1. The smallest absolute Gasteiger partial charge is 0.224 e. The first-order valence-electron chi connectivity index (χ1n) is 7.45. The Morgan fingerprint density at radius 3 is 2.57 bits per heavy atom. The van der Waals surface area contributed by atoms with Crippen molar-refractivity contribution in [2.24, 2.45) is 11.7 Å². The van der Waals surface area contributed by atoms with Crippen LogP contribution in [0.5, 0.6) is 0 Å². The molecule has 3 nitrogen and oxygen atoms in total. The molecule has 0 heterocycles. The minimum Gasteiger partial charge on any atom is -0.389 e. The molecule has 5 heteroatoms. The van der Waals surface area contributed by atoms with Crippen LogP contribution in [-0.4, -0.2) is 10.9 Å². The maximum atomic E-state index is 12.2. The number of carbonyl (C=O) groups excluding carboxylic acids is 1. The van der Waals surface area contributed by atoms with Crippen LogP contribution in [0.2, 0.25) is 5.02 Å². The molecule has 0 aromatic heterocycles. The Kier molecular flexibility index (Phi) is 6.00. The van der Waals surface area contributed by atoms with Crippen molar-refractivity contribution in [3.63, 3.8) is 0 Å². The summed E-state index contributed by atoms with van der Waals surface area (Å²) in [6.45, 7) is 0. The Labute approximate surface area is 136 Å². The molecule has 0 aliphatic heterocycles. The lowest BCUT2D eigenvalue weighted by Gasteiger charge is -2.15. The number of nitrogens with one attached hydrogen (secondary N) is 1. The summed E-state index contributed by atoms with van der Waals surface area (Å²) < 4.78 is 0. The van der Waals surface area contributed by atoms with Gasteiger partial charge in [-0.2, -0.15) is 0 Å². The molecule has 2 rings (SSSR count). The van der Waals surface area contributed by atoms with Crippen LogP contribution in [0, 0.1) is 5.92 Å². The van der Waals surface area contributed by atoms with Crippen molar-refractivity contribution in [2.45, 2.75) is 44.9 Å². The lowest BCUT2D eigenvalue weighted by molar-refractivity contribution is -0.117. The van der Waals surface area contributed by atoms with Crippen LogP contribution in [0.1, 0.15) is 50.5 Å². The molecule has 0 unspecified atom stereocenters. The van der Waals surface area contributed by atoms with E-state index in [0.717, 1.165) is 12.8 Å². The molecule has 1 aromatic rings. The van der Waals surface area contributed by atoms with Crippen LogP contribution in [0.4, 0.5) is 5.69 Å². The first-order chi connectivity index (χ1) is 10.1. The molecule has 1 saturated carbocycles. The molecular weight excluding hydrogens is 304 g/mol. The molecule has 1 fully saturated rings. The van der Waals surface area contributed by atoms with E-state index in [4.69, 9.17) is 29.6 Å². The molecule has 1 aliphatic carbocycles. The molecule has 21 heavy (non-hydrogen) atoms. The SMILES string of the molecule is NC(=S)c1ccc(Cl)cc1NC(=O)CC1CCCCCC1. The third-order valence-electron chi connectivity index (χ3n) is 3.97. The van der Waals surface area contributed by atoms with Crippen molar-refractivity contribution in [3.8, 4) is 0 Å². The fourth-order valence-corrected chi connectivity index (χ4v) is 3.22. The normalized spacial score (nSPS) is 16.2.